The third-order valence-electron chi connectivity index (χ3n) is 4.96. The molecule has 2 atom stereocenters. The molecule has 0 spiro atoms. The van der Waals surface area contributed by atoms with Crippen molar-refractivity contribution < 1.29 is 4.79 Å². The van der Waals surface area contributed by atoms with Crippen LogP contribution in [0, 0.1) is 6.92 Å². The number of nitrogens with zero attached hydrogens (tertiary/aromatic N) is 4. The number of nitrogens with one attached hydrogen (secondary N) is 2. The SMILES string of the molecule is CC(=O)N1c2ccc(-c3cn[nH]n3)cc2[C@H](Nc2ccc(C)cn2)C[C@@H]1C. The molecule has 2 aromatic heterocycles. The zero-order valence-corrected chi connectivity index (χ0v) is 15.6. The van der Waals surface area contributed by atoms with Crippen LogP contribution in [-0.2, 0) is 4.79 Å². The van der Waals surface area contributed by atoms with E-state index in [-0.39, 0.29) is 18.0 Å². The van der Waals surface area contributed by atoms with Crippen molar-refractivity contribution in [2.45, 2.75) is 39.3 Å². The number of carbonyl (C=O) groups is 1. The van der Waals surface area contributed by atoms with E-state index < -0.39 is 0 Å². The number of anilines is 2. The van der Waals surface area contributed by atoms with Crippen LogP contribution in [0.15, 0.2) is 42.7 Å². The Morgan fingerprint density at radius 2 is 2.11 bits per heavy atom. The van der Waals surface area contributed by atoms with Crippen molar-refractivity contribution in [3.63, 3.8) is 0 Å². The van der Waals surface area contributed by atoms with E-state index in [1.165, 1.54) is 0 Å². The predicted octanol–water partition coefficient (Wildman–Crippen LogP) is 3.47. The summed E-state index contributed by atoms with van der Waals surface area (Å²) in [6.45, 7) is 5.71. The number of fused-ring (bicyclic) bond motifs is 1. The summed E-state index contributed by atoms with van der Waals surface area (Å²) < 4.78 is 0. The molecule has 0 bridgehead atoms. The molecule has 1 aliphatic rings. The molecule has 0 fully saturated rings. The van der Waals surface area contributed by atoms with Gasteiger partial charge in [-0.3, -0.25) is 4.79 Å². The van der Waals surface area contributed by atoms with Gasteiger partial charge in [-0.05, 0) is 49.6 Å². The molecular weight excluding hydrogens is 340 g/mol. The van der Waals surface area contributed by atoms with Gasteiger partial charge in [-0.1, -0.05) is 12.1 Å². The molecule has 0 saturated heterocycles. The quantitative estimate of drug-likeness (QED) is 0.745. The van der Waals surface area contributed by atoms with Gasteiger partial charge in [-0.15, -0.1) is 0 Å². The summed E-state index contributed by atoms with van der Waals surface area (Å²) >= 11 is 0. The van der Waals surface area contributed by atoms with Gasteiger partial charge in [0.25, 0.3) is 0 Å². The predicted molar refractivity (Wildman–Crippen MR) is 104 cm³/mol. The molecule has 27 heavy (non-hydrogen) atoms. The van der Waals surface area contributed by atoms with Crippen molar-refractivity contribution in [2.75, 3.05) is 10.2 Å². The highest BCUT2D eigenvalue weighted by molar-refractivity contribution is 5.94. The lowest BCUT2D eigenvalue weighted by Gasteiger charge is -2.39. The van der Waals surface area contributed by atoms with Crippen LogP contribution in [0.3, 0.4) is 0 Å². The second-order valence-corrected chi connectivity index (χ2v) is 7.02. The molecule has 0 unspecified atom stereocenters. The number of rotatable bonds is 3. The Labute approximate surface area is 157 Å². The number of benzene rings is 1. The molecule has 2 N–H and O–H groups in total. The second-order valence-electron chi connectivity index (χ2n) is 7.02. The average Bonchev–Trinajstić information content (AvgIpc) is 3.18. The fourth-order valence-corrected chi connectivity index (χ4v) is 3.71. The highest BCUT2D eigenvalue weighted by Crippen LogP contribution is 2.40. The number of aromatic amines is 1. The Balaban J connectivity index is 1.76. The first-order valence-corrected chi connectivity index (χ1v) is 9.02. The molecule has 1 aliphatic heterocycles. The zero-order valence-electron chi connectivity index (χ0n) is 15.6. The van der Waals surface area contributed by atoms with Crippen molar-refractivity contribution in [3.8, 4) is 11.3 Å². The summed E-state index contributed by atoms with van der Waals surface area (Å²) in [5.41, 5.74) is 4.85. The van der Waals surface area contributed by atoms with Crippen molar-refractivity contribution in [1.29, 1.82) is 0 Å². The topological polar surface area (TPSA) is 86.8 Å². The Morgan fingerprint density at radius 3 is 2.78 bits per heavy atom. The van der Waals surface area contributed by atoms with Crippen LogP contribution in [0.4, 0.5) is 11.5 Å². The summed E-state index contributed by atoms with van der Waals surface area (Å²) in [6.07, 6.45) is 4.34. The van der Waals surface area contributed by atoms with E-state index in [2.05, 4.69) is 38.7 Å². The zero-order chi connectivity index (χ0) is 19.0. The maximum atomic E-state index is 12.3. The second kappa shape index (κ2) is 6.83. The smallest absolute Gasteiger partial charge is 0.224 e. The minimum Gasteiger partial charge on any atom is -0.363 e. The van der Waals surface area contributed by atoms with Crippen molar-refractivity contribution >= 4 is 17.4 Å². The van der Waals surface area contributed by atoms with Gasteiger partial charge in [0.2, 0.25) is 5.91 Å². The van der Waals surface area contributed by atoms with E-state index in [1.807, 2.05) is 42.3 Å². The first-order chi connectivity index (χ1) is 13.0. The number of pyridine rings is 1. The molecular formula is C20H22N6O. The maximum absolute atomic E-state index is 12.3. The van der Waals surface area contributed by atoms with E-state index >= 15 is 0 Å². The lowest BCUT2D eigenvalue weighted by Crippen LogP contribution is -2.43. The lowest BCUT2D eigenvalue weighted by molar-refractivity contribution is -0.117. The average molecular weight is 362 g/mol. The molecule has 0 aliphatic carbocycles. The Bertz CT molecular complexity index is 951. The Hall–Kier alpha value is -3.22. The molecule has 4 rings (SSSR count). The van der Waals surface area contributed by atoms with Crippen molar-refractivity contribution in [1.82, 2.24) is 20.4 Å². The van der Waals surface area contributed by atoms with E-state index in [1.54, 1.807) is 13.1 Å². The number of hydrogen-bond donors (Lipinski definition) is 2. The van der Waals surface area contributed by atoms with Gasteiger partial charge in [0.05, 0.1) is 12.2 Å². The van der Waals surface area contributed by atoms with Gasteiger partial charge in [-0.2, -0.15) is 15.4 Å². The summed E-state index contributed by atoms with van der Waals surface area (Å²) in [5.74, 6) is 0.872. The van der Waals surface area contributed by atoms with E-state index in [0.717, 1.165) is 40.3 Å². The number of H-pyrrole nitrogens is 1. The van der Waals surface area contributed by atoms with Crippen LogP contribution < -0.4 is 10.2 Å². The van der Waals surface area contributed by atoms with Gasteiger partial charge in [-0.25, -0.2) is 4.98 Å². The monoisotopic (exact) mass is 362 g/mol. The third-order valence-corrected chi connectivity index (χ3v) is 4.96. The number of carbonyl (C=O) groups excluding carboxylic acids is 1. The van der Waals surface area contributed by atoms with Gasteiger partial charge < -0.3 is 10.2 Å². The number of hydrogen-bond acceptors (Lipinski definition) is 5. The third kappa shape index (κ3) is 3.28. The van der Waals surface area contributed by atoms with Gasteiger partial charge in [0, 0.05) is 30.4 Å². The summed E-state index contributed by atoms with van der Waals surface area (Å²) in [7, 11) is 0. The molecule has 7 heteroatoms. The van der Waals surface area contributed by atoms with Crippen LogP contribution in [0.1, 0.15) is 37.4 Å². The molecule has 0 radical (unpaired) electrons. The fraction of sp³-hybridized carbons (Fsp3) is 0.300. The Morgan fingerprint density at radius 1 is 1.26 bits per heavy atom. The van der Waals surface area contributed by atoms with Crippen LogP contribution in [0.5, 0.6) is 0 Å². The molecule has 138 valence electrons. The highest BCUT2D eigenvalue weighted by Gasteiger charge is 2.32. The summed E-state index contributed by atoms with van der Waals surface area (Å²) in [5, 5.41) is 14.3. The molecule has 3 aromatic rings. The Kier molecular flexibility index (Phi) is 4.35. The first kappa shape index (κ1) is 17.2. The van der Waals surface area contributed by atoms with E-state index in [9.17, 15) is 4.79 Å². The largest absolute Gasteiger partial charge is 0.363 e. The maximum Gasteiger partial charge on any atom is 0.224 e. The van der Waals surface area contributed by atoms with E-state index in [4.69, 9.17) is 0 Å². The fourth-order valence-electron chi connectivity index (χ4n) is 3.71. The number of aryl methyl sites for hydroxylation is 1. The van der Waals surface area contributed by atoms with Gasteiger partial charge >= 0.3 is 0 Å². The van der Waals surface area contributed by atoms with Crippen LogP contribution >= 0.6 is 0 Å². The van der Waals surface area contributed by atoms with E-state index in [0.29, 0.717) is 0 Å². The molecule has 3 heterocycles. The number of amides is 1. The first-order valence-electron chi connectivity index (χ1n) is 9.02. The van der Waals surface area contributed by atoms with Crippen LogP contribution in [-0.4, -0.2) is 32.3 Å². The minimum absolute atomic E-state index is 0.0462. The lowest BCUT2D eigenvalue weighted by atomic mass is 9.90. The molecule has 1 amide bonds. The standard InChI is InChI=1S/C20H22N6O/c1-12-4-7-20(21-10-12)23-17-8-13(2)26(14(3)27)19-6-5-15(9-16(17)19)18-11-22-25-24-18/h4-7,9-11,13,17H,8H2,1-3H3,(H,21,23)(H,22,24,25)/t13-,17+/m0/s1. The van der Waals surface area contributed by atoms with Crippen LogP contribution in [0.2, 0.25) is 0 Å². The summed E-state index contributed by atoms with van der Waals surface area (Å²) in [6, 6.07) is 10.2. The van der Waals surface area contributed by atoms with Gasteiger partial charge in [0.1, 0.15) is 11.5 Å². The van der Waals surface area contributed by atoms with Crippen molar-refractivity contribution in [3.05, 3.63) is 53.9 Å². The van der Waals surface area contributed by atoms with Crippen LogP contribution in [0.25, 0.3) is 11.3 Å². The highest BCUT2D eigenvalue weighted by atomic mass is 16.2. The minimum atomic E-state index is 0.0462. The molecule has 0 saturated carbocycles. The number of aromatic nitrogens is 4. The summed E-state index contributed by atoms with van der Waals surface area (Å²) in [4.78, 5) is 18.6. The van der Waals surface area contributed by atoms with Gasteiger partial charge in [0.15, 0.2) is 0 Å². The molecule has 7 nitrogen and oxygen atoms in total. The normalized spacial score (nSPS) is 18.9. The van der Waals surface area contributed by atoms with Crippen molar-refractivity contribution in [2.24, 2.45) is 0 Å². The molecule has 1 aromatic carbocycles.